The first-order chi connectivity index (χ1) is 19.4. The molecule has 2 aromatic carbocycles. The van der Waals surface area contributed by atoms with Gasteiger partial charge < -0.3 is 19.1 Å². The third kappa shape index (κ3) is 10.4. The van der Waals surface area contributed by atoms with Crippen LogP contribution in [-0.4, -0.2) is 66.2 Å². The van der Waals surface area contributed by atoms with E-state index in [1.165, 1.54) is 0 Å². The Morgan fingerprint density at radius 2 is 1.17 bits per heavy atom. The highest BCUT2D eigenvalue weighted by Gasteiger charge is 2.38. The van der Waals surface area contributed by atoms with E-state index >= 15 is 0 Å². The van der Waals surface area contributed by atoms with Crippen molar-refractivity contribution >= 4 is 58.6 Å². The molecule has 0 aliphatic carbocycles. The van der Waals surface area contributed by atoms with E-state index in [0.717, 1.165) is 17.5 Å². The Morgan fingerprint density at radius 3 is 1.62 bits per heavy atom. The molecule has 7 nitrogen and oxygen atoms in total. The molecule has 0 radical (unpaired) electrons. The fraction of sp³-hybridized carbons (Fsp3) is 0.548. The first-order valence-electron chi connectivity index (χ1n) is 13.9. The van der Waals surface area contributed by atoms with Gasteiger partial charge in [-0.15, -0.1) is 0 Å². The number of ether oxygens (including phenoxy) is 3. The van der Waals surface area contributed by atoms with Crippen LogP contribution in [0, 0.1) is 0 Å². The molecule has 2 aliphatic heterocycles. The van der Waals surface area contributed by atoms with Gasteiger partial charge in [-0.2, -0.15) is 0 Å². The number of carbonyl (C=O) groups is 2. The summed E-state index contributed by atoms with van der Waals surface area (Å²) < 4.78 is 16.3. The highest BCUT2D eigenvalue weighted by molar-refractivity contribution is 6.35. The fourth-order valence-corrected chi connectivity index (χ4v) is 6.01. The molecular formula is C31H40Cl4N2O5. The molecule has 0 spiro atoms. The van der Waals surface area contributed by atoms with E-state index in [0.29, 0.717) is 46.1 Å². The normalized spacial score (nSPS) is 20.7. The molecule has 3 atom stereocenters. The van der Waals surface area contributed by atoms with Gasteiger partial charge in [0.1, 0.15) is 17.4 Å². The predicted octanol–water partition coefficient (Wildman–Crippen LogP) is 9.41. The molecule has 0 saturated carbocycles. The summed E-state index contributed by atoms with van der Waals surface area (Å²) in [5.41, 5.74) is 1.08. The van der Waals surface area contributed by atoms with Gasteiger partial charge in [0.05, 0.1) is 0 Å². The van der Waals surface area contributed by atoms with Crippen molar-refractivity contribution in [1.29, 1.82) is 0 Å². The van der Waals surface area contributed by atoms with Gasteiger partial charge in [-0.25, -0.2) is 9.59 Å². The molecule has 232 valence electrons. The Kier molecular flexibility index (Phi) is 11.7. The van der Waals surface area contributed by atoms with Crippen LogP contribution in [0.25, 0.3) is 0 Å². The minimum absolute atomic E-state index is 0.119. The van der Waals surface area contributed by atoms with Gasteiger partial charge in [0, 0.05) is 65.1 Å². The summed E-state index contributed by atoms with van der Waals surface area (Å²) in [6.45, 7) is 13.0. The summed E-state index contributed by atoms with van der Waals surface area (Å²) in [6, 6.07) is 11.0. The summed E-state index contributed by atoms with van der Waals surface area (Å²) >= 11 is 24.2. The highest BCUT2D eigenvalue weighted by atomic mass is 35.5. The van der Waals surface area contributed by atoms with Crippen molar-refractivity contribution in [2.45, 2.75) is 83.6 Å². The smallest absolute Gasteiger partial charge is 0.412 e. The van der Waals surface area contributed by atoms with Gasteiger partial charge in [0.15, 0.2) is 0 Å². The molecule has 3 unspecified atom stereocenters. The molecule has 4 rings (SSSR count). The highest BCUT2D eigenvalue weighted by Crippen LogP contribution is 2.36. The number of halogens is 4. The largest absolute Gasteiger partial charge is 0.444 e. The van der Waals surface area contributed by atoms with Crippen LogP contribution in [0.4, 0.5) is 9.59 Å². The molecule has 2 aliphatic rings. The van der Waals surface area contributed by atoms with Crippen molar-refractivity contribution in [2.75, 3.05) is 26.7 Å². The van der Waals surface area contributed by atoms with E-state index < -0.39 is 11.2 Å². The Hall–Kier alpha value is -1.90. The molecule has 11 heteroatoms. The molecule has 42 heavy (non-hydrogen) atoms. The number of nitrogens with zero attached hydrogens (tertiary/aromatic N) is 2. The van der Waals surface area contributed by atoms with E-state index in [1.54, 1.807) is 29.0 Å². The van der Waals surface area contributed by atoms with E-state index in [1.807, 2.05) is 65.8 Å². The lowest BCUT2D eigenvalue weighted by molar-refractivity contribution is -0.0305. The lowest BCUT2D eigenvalue weighted by Crippen LogP contribution is -2.40. The topological polar surface area (TPSA) is 68.3 Å². The fourth-order valence-electron chi connectivity index (χ4n) is 4.92. The third-order valence-corrected chi connectivity index (χ3v) is 7.58. The van der Waals surface area contributed by atoms with E-state index in [9.17, 15) is 9.59 Å². The third-order valence-electron chi connectivity index (χ3n) is 6.70. The number of likely N-dealkylation sites (tertiary alicyclic amines) is 2. The summed E-state index contributed by atoms with van der Waals surface area (Å²) in [4.78, 5) is 27.7. The average molecular weight is 662 g/mol. The summed E-state index contributed by atoms with van der Waals surface area (Å²) in [7, 11) is 1.59. The van der Waals surface area contributed by atoms with Gasteiger partial charge in [0.2, 0.25) is 0 Å². The van der Waals surface area contributed by atoms with Gasteiger partial charge in [-0.3, -0.25) is 4.90 Å². The molecule has 2 fully saturated rings. The van der Waals surface area contributed by atoms with E-state index in [-0.39, 0.29) is 30.3 Å². The lowest BCUT2D eigenvalue weighted by Gasteiger charge is -2.27. The molecule has 0 aromatic heterocycles. The van der Waals surface area contributed by atoms with Crippen LogP contribution in [0.5, 0.6) is 0 Å². The van der Waals surface area contributed by atoms with Gasteiger partial charge >= 0.3 is 12.2 Å². The second-order valence-corrected chi connectivity index (χ2v) is 14.3. The van der Waals surface area contributed by atoms with Gasteiger partial charge in [-0.05, 0) is 95.5 Å². The Bertz CT molecular complexity index is 1220. The number of amides is 2. The maximum absolute atomic E-state index is 12.3. The van der Waals surface area contributed by atoms with Crippen LogP contribution < -0.4 is 0 Å². The summed E-state index contributed by atoms with van der Waals surface area (Å²) in [6.07, 6.45) is 0.656. The lowest BCUT2D eigenvalue weighted by atomic mass is 9.98. The summed E-state index contributed by atoms with van der Waals surface area (Å²) in [5.74, 6) is 0.382. The maximum Gasteiger partial charge on any atom is 0.412 e. The van der Waals surface area contributed by atoms with Crippen molar-refractivity contribution in [2.24, 2.45) is 0 Å². The number of methoxy groups -OCH3 is 1. The second kappa shape index (κ2) is 14.3. The molecule has 2 aromatic rings. The minimum atomic E-state index is -0.535. The van der Waals surface area contributed by atoms with Crippen molar-refractivity contribution in [1.82, 2.24) is 9.80 Å². The van der Waals surface area contributed by atoms with Crippen LogP contribution in [0.2, 0.25) is 20.1 Å². The molecule has 0 N–H and O–H groups in total. The zero-order valence-corrected chi connectivity index (χ0v) is 28.2. The zero-order chi connectivity index (χ0) is 31.4. The van der Waals surface area contributed by atoms with Crippen LogP contribution >= 0.6 is 46.4 Å². The van der Waals surface area contributed by atoms with Crippen LogP contribution in [-0.2, 0) is 14.2 Å². The number of hydrogen-bond donors (Lipinski definition) is 0. The standard InChI is InChI=1S/C16H21Cl2NO3.C15H19Cl2NO2/c1-16(2,3)22-15(20)19-9-11(7-14(19)21-4)10-5-12(17)8-13(18)6-10;1-15(2,3)20-14(19)18-5-4-10(9-18)11-6-12(16)8-13(17)7-11/h5-6,8,11,14H,7,9H2,1-4H3;6-8,10H,4-5,9H2,1-3H3. The zero-order valence-electron chi connectivity index (χ0n) is 25.2. The Balaban J connectivity index is 0.000000231. The van der Waals surface area contributed by atoms with Crippen molar-refractivity contribution in [3.05, 3.63) is 67.6 Å². The monoisotopic (exact) mass is 660 g/mol. The van der Waals surface area contributed by atoms with Crippen molar-refractivity contribution in [3.8, 4) is 0 Å². The van der Waals surface area contributed by atoms with Crippen molar-refractivity contribution < 1.29 is 23.8 Å². The van der Waals surface area contributed by atoms with Gasteiger partial charge in [0.25, 0.3) is 0 Å². The molecular weight excluding hydrogens is 622 g/mol. The Labute approximate surface area is 269 Å². The molecule has 0 bridgehead atoms. The maximum atomic E-state index is 12.3. The first-order valence-corrected chi connectivity index (χ1v) is 15.4. The number of carbonyl (C=O) groups excluding carboxylic acids is 2. The van der Waals surface area contributed by atoms with E-state index in [2.05, 4.69) is 0 Å². The first kappa shape index (κ1) is 34.6. The molecule has 2 heterocycles. The molecule has 2 saturated heterocycles. The molecule has 2 amide bonds. The quantitative estimate of drug-likeness (QED) is 0.328. The summed E-state index contributed by atoms with van der Waals surface area (Å²) in [5, 5.41) is 2.44. The number of benzene rings is 2. The second-order valence-electron chi connectivity index (χ2n) is 12.6. The predicted molar refractivity (Wildman–Crippen MR) is 169 cm³/mol. The number of hydrogen-bond acceptors (Lipinski definition) is 5. The van der Waals surface area contributed by atoms with Crippen LogP contribution in [0.15, 0.2) is 36.4 Å². The minimum Gasteiger partial charge on any atom is -0.444 e. The van der Waals surface area contributed by atoms with Crippen LogP contribution in [0.1, 0.15) is 77.3 Å². The van der Waals surface area contributed by atoms with E-state index in [4.69, 9.17) is 60.6 Å². The Morgan fingerprint density at radius 1 is 0.714 bits per heavy atom. The van der Waals surface area contributed by atoms with Gasteiger partial charge in [-0.1, -0.05) is 46.4 Å². The SMILES string of the molecule is CC(C)(C)OC(=O)N1CCC(c2cc(Cl)cc(Cl)c2)C1.COC1CC(c2cc(Cl)cc(Cl)c2)CN1C(=O)OC(C)(C)C. The number of rotatable bonds is 3. The van der Waals surface area contributed by atoms with Crippen molar-refractivity contribution in [3.63, 3.8) is 0 Å². The van der Waals surface area contributed by atoms with Crippen LogP contribution in [0.3, 0.4) is 0 Å². The average Bonchev–Trinajstić information content (AvgIpc) is 3.49.